The maximum Gasteiger partial charge on any atom is 0.276 e. The molecule has 120 valence electrons. The van der Waals surface area contributed by atoms with Gasteiger partial charge in [0.2, 0.25) is 0 Å². The Bertz CT molecular complexity index is 868. The molecule has 0 aliphatic heterocycles. The quantitative estimate of drug-likeness (QED) is 0.764. The van der Waals surface area contributed by atoms with E-state index in [4.69, 9.17) is 0 Å². The van der Waals surface area contributed by atoms with Gasteiger partial charge in [-0.25, -0.2) is 9.37 Å². The molecule has 0 saturated heterocycles. The number of nitrogens with zero attached hydrogens (tertiary/aromatic N) is 2. The number of halogens is 1. The van der Waals surface area contributed by atoms with Gasteiger partial charge in [-0.3, -0.25) is 9.78 Å². The Hall–Kier alpha value is -3.28. The van der Waals surface area contributed by atoms with Crippen LogP contribution < -0.4 is 10.6 Å². The monoisotopic (exact) mass is 322 g/mol. The number of nitrogens with one attached hydrogen (secondary N) is 2. The second-order valence-corrected chi connectivity index (χ2v) is 5.14. The Morgan fingerprint density at radius 1 is 1.04 bits per heavy atom. The molecule has 3 rings (SSSR count). The van der Waals surface area contributed by atoms with Crippen LogP contribution in [-0.2, 0) is 0 Å². The summed E-state index contributed by atoms with van der Waals surface area (Å²) in [6, 6.07) is 15.1. The summed E-state index contributed by atoms with van der Waals surface area (Å²) in [4.78, 5) is 20.9. The van der Waals surface area contributed by atoms with Crippen LogP contribution in [0.3, 0.4) is 0 Å². The smallest absolute Gasteiger partial charge is 0.276 e. The van der Waals surface area contributed by atoms with Crippen LogP contribution in [0.25, 0.3) is 0 Å². The highest BCUT2D eigenvalue weighted by Crippen LogP contribution is 2.17. The summed E-state index contributed by atoms with van der Waals surface area (Å²) in [5.74, 6) is -0.347. The molecule has 0 aliphatic carbocycles. The standard InChI is InChI=1S/C18H15FN4O/c1-12-17(18(24)22-14-7-3-2-4-8-14)23-16(11-20-12)21-15-9-5-6-13(19)10-15/h2-11H,1H3,(H,21,23)(H,22,24). The van der Waals surface area contributed by atoms with Crippen molar-refractivity contribution in [2.75, 3.05) is 10.6 Å². The fourth-order valence-corrected chi connectivity index (χ4v) is 2.15. The van der Waals surface area contributed by atoms with Gasteiger partial charge < -0.3 is 10.6 Å². The number of hydrogen-bond donors (Lipinski definition) is 2. The normalized spacial score (nSPS) is 10.2. The van der Waals surface area contributed by atoms with E-state index < -0.39 is 0 Å². The minimum atomic E-state index is -0.359. The summed E-state index contributed by atoms with van der Waals surface area (Å²) >= 11 is 0. The lowest BCUT2D eigenvalue weighted by Gasteiger charge is -2.10. The lowest BCUT2D eigenvalue weighted by Crippen LogP contribution is -2.16. The minimum Gasteiger partial charge on any atom is -0.339 e. The summed E-state index contributed by atoms with van der Waals surface area (Å²) < 4.78 is 13.2. The number of anilines is 3. The van der Waals surface area contributed by atoms with Gasteiger partial charge >= 0.3 is 0 Å². The van der Waals surface area contributed by atoms with Crippen molar-refractivity contribution in [2.45, 2.75) is 6.92 Å². The van der Waals surface area contributed by atoms with E-state index in [0.29, 0.717) is 22.9 Å². The van der Waals surface area contributed by atoms with Crippen molar-refractivity contribution >= 4 is 23.1 Å². The van der Waals surface area contributed by atoms with Crippen LogP contribution in [-0.4, -0.2) is 15.9 Å². The maximum absolute atomic E-state index is 13.2. The van der Waals surface area contributed by atoms with Crippen molar-refractivity contribution in [3.05, 3.63) is 78.0 Å². The molecule has 0 atom stereocenters. The molecule has 5 nitrogen and oxygen atoms in total. The maximum atomic E-state index is 13.2. The molecule has 1 aromatic heterocycles. The first kappa shape index (κ1) is 15.6. The zero-order chi connectivity index (χ0) is 16.9. The number of rotatable bonds is 4. The minimum absolute atomic E-state index is 0.209. The first-order chi connectivity index (χ1) is 11.6. The summed E-state index contributed by atoms with van der Waals surface area (Å²) in [6.45, 7) is 1.71. The lowest BCUT2D eigenvalue weighted by molar-refractivity contribution is 0.102. The Kier molecular flexibility index (Phi) is 4.47. The fourth-order valence-electron chi connectivity index (χ4n) is 2.15. The summed E-state index contributed by atoms with van der Waals surface area (Å²) in [7, 11) is 0. The Morgan fingerprint density at radius 3 is 2.54 bits per heavy atom. The molecular formula is C18H15FN4O. The molecule has 0 saturated carbocycles. The SMILES string of the molecule is Cc1ncc(Nc2cccc(F)c2)nc1C(=O)Nc1ccccc1. The van der Waals surface area contributed by atoms with E-state index in [2.05, 4.69) is 20.6 Å². The van der Waals surface area contributed by atoms with Crippen molar-refractivity contribution in [1.29, 1.82) is 0 Å². The lowest BCUT2D eigenvalue weighted by atomic mass is 10.2. The van der Waals surface area contributed by atoms with E-state index in [-0.39, 0.29) is 17.4 Å². The van der Waals surface area contributed by atoms with Gasteiger partial charge in [0.05, 0.1) is 11.9 Å². The molecule has 2 N–H and O–H groups in total. The molecule has 1 heterocycles. The Balaban J connectivity index is 1.82. The van der Waals surface area contributed by atoms with E-state index in [9.17, 15) is 9.18 Å². The summed E-state index contributed by atoms with van der Waals surface area (Å²) in [5, 5.41) is 5.71. The number of aromatic nitrogens is 2. The number of aryl methyl sites for hydroxylation is 1. The zero-order valence-corrected chi connectivity index (χ0v) is 13.0. The number of amides is 1. The van der Waals surface area contributed by atoms with E-state index >= 15 is 0 Å². The van der Waals surface area contributed by atoms with E-state index in [1.165, 1.54) is 18.3 Å². The van der Waals surface area contributed by atoms with Crippen LogP contribution in [0.2, 0.25) is 0 Å². The topological polar surface area (TPSA) is 66.9 Å². The molecule has 2 aromatic carbocycles. The highest BCUT2D eigenvalue weighted by molar-refractivity contribution is 6.03. The molecule has 0 radical (unpaired) electrons. The molecule has 1 amide bonds. The van der Waals surface area contributed by atoms with Crippen molar-refractivity contribution in [1.82, 2.24) is 9.97 Å². The molecule has 0 bridgehead atoms. The Morgan fingerprint density at radius 2 is 1.79 bits per heavy atom. The third kappa shape index (κ3) is 3.73. The zero-order valence-electron chi connectivity index (χ0n) is 13.0. The summed E-state index contributed by atoms with van der Waals surface area (Å²) in [6.07, 6.45) is 1.50. The van der Waals surface area contributed by atoms with Crippen molar-refractivity contribution < 1.29 is 9.18 Å². The Labute approximate surface area is 138 Å². The first-order valence-electron chi connectivity index (χ1n) is 7.34. The highest BCUT2D eigenvalue weighted by atomic mass is 19.1. The number of para-hydroxylation sites is 1. The highest BCUT2D eigenvalue weighted by Gasteiger charge is 2.13. The van der Waals surface area contributed by atoms with Gasteiger partial charge in [0, 0.05) is 11.4 Å². The van der Waals surface area contributed by atoms with Crippen molar-refractivity contribution in [3.63, 3.8) is 0 Å². The van der Waals surface area contributed by atoms with Crippen LogP contribution in [0.5, 0.6) is 0 Å². The molecule has 3 aromatic rings. The average molecular weight is 322 g/mol. The first-order valence-corrected chi connectivity index (χ1v) is 7.34. The van der Waals surface area contributed by atoms with Crippen LogP contribution in [0.1, 0.15) is 16.2 Å². The predicted molar refractivity (Wildman–Crippen MR) is 90.8 cm³/mol. The number of carbonyl (C=O) groups excluding carboxylic acids is 1. The van der Waals surface area contributed by atoms with E-state index in [1.54, 1.807) is 31.2 Å². The van der Waals surface area contributed by atoms with Gasteiger partial charge in [0.1, 0.15) is 11.6 Å². The van der Waals surface area contributed by atoms with E-state index in [1.807, 2.05) is 18.2 Å². The van der Waals surface area contributed by atoms with Crippen molar-refractivity contribution in [3.8, 4) is 0 Å². The second kappa shape index (κ2) is 6.87. The van der Waals surface area contributed by atoms with Crippen LogP contribution in [0.15, 0.2) is 60.8 Å². The average Bonchev–Trinajstić information content (AvgIpc) is 2.57. The van der Waals surface area contributed by atoms with Crippen molar-refractivity contribution in [2.24, 2.45) is 0 Å². The van der Waals surface area contributed by atoms with Gasteiger partial charge in [-0.2, -0.15) is 0 Å². The van der Waals surface area contributed by atoms with Crippen LogP contribution >= 0.6 is 0 Å². The molecule has 0 fully saturated rings. The van der Waals surface area contributed by atoms with E-state index in [0.717, 1.165) is 0 Å². The molecular weight excluding hydrogens is 307 g/mol. The third-order valence-electron chi connectivity index (χ3n) is 3.30. The molecule has 0 aliphatic rings. The predicted octanol–water partition coefficient (Wildman–Crippen LogP) is 3.92. The largest absolute Gasteiger partial charge is 0.339 e. The third-order valence-corrected chi connectivity index (χ3v) is 3.30. The fraction of sp³-hybridized carbons (Fsp3) is 0.0556. The van der Waals surface area contributed by atoms with Gasteiger partial charge in [-0.05, 0) is 37.3 Å². The van der Waals surface area contributed by atoms with Gasteiger partial charge in [-0.1, -0.05) is 24.3 Å². The number of hydrogen-bond acceptors (Lipinski definition) is 4. The van der Waals surface area contributed by atoms with Gasteiger partial charge in [0.15, 0.2) is 5.69 Å². The van der Waals surface area contributed by atoms with Crippen LogP contribution in [0.4, 0.5) is 21.6 Å². The molecule has 24 heavy (non-hydrogen) atoms. The van der Waals surface area contributed by atoms with Gasteiger partial charge in [-0.15, -0.1) is 0 Å². The number of carbonyl (C=O) groups is 1. The summed E-state index contributed by atoms with van der Waals surface area (Å²) in [5.41, 5.74) is 1.92. The number of benzene rings is 2. The second-order valence-electron chi connectivity index (χ2n) is 5.14. The molecule has 0 spiro atoms. The van der Waals surface area contributed by atoms with Crippen LogP contribution in [0, 0.1) is 12.7 Å². The van der Waals surface area contributed by atoms with Gasteiger partial charge in [0.25, 0.3) is 5.91 Å². The molecule has 0 unspecified atom stereocenters. The molecule has 6 heteroatoms.